The maximum Gasteiger partial charge on any atom is 0.326 e. The summed E-state index contributed by atoms with van der Waals surface area (Å²) in [4.78, 5) is 36.5. The second kappa shape index (κ2) is 4.72. The van der Waals surface area contributed by atoms with Crippen LogP contribution >= 0.6 is 0 Å². The number of imide groups is 1. The quantitative estimate of drug-likeness (QED) is 0.494. The van der Waals surface area contributed by atoms with Gasteiger partial charge in [0.25, 0.3) is 11.8 Å². The predicted molar refractivity (Wildman–Crippen MR) is 67.4 cm³/mol. The number of hydrogen-bond acceptors (Lipinski definition) is 5. The maximum absolute atomic E-state index is 12.1. The van der Waals surface area contributed by atoms with Crippen molar-refractivity contribution in [3.8, 4) is 0 Å². The second-order valence-electron chi connectivity index (χ2n) is 4.50. The standard InChI is InChI=1S/C13H14N2O4/c1-7(2)19-10(16)6-15-12(17)8-4-3-5-9(14)11(8)13(15)18/h3-5,7H,6,14H2,1-2H3. The van der Waals surface area contributed by atoms with Crippen molar-refractivity contribution < 1.29 is 19.1 Å². The van der Waals surface area contributed by atoms with Gasteiger partial charge in [0.15, 0.2) is 0 Å². The normalized spacial score (nSPS) is 13.9. The van der Waals surface area contributed by atoms with Gasteiger partial charge in [-0.2, -0.15) is 0 Å². The van der Waals surface area contributed by atoms with E-state index < -0.39 is 24.3 Å². The van der Waals surface area contributed by atoms with Gasteiger partial charge in [-0.25, -0.2) is 0 Å². The molecule has 0 saturated heterocycles. The van der Waals surface area contributed by atoms with Crippen molar-refractivity contribution in [2.45, 2.75) is 20.0 Å². The van der Waals surface area contributed by atoms with E-state index in [4.69, 9.17) is 10.5 Å². The van der Waals surface area contributed by atoms with E-state index in [9.17, 15) is 14.4 Å². The minimum atomic E-state index is -0.622. The van der Waals surface area contributed by atoms with Crippen molar-refractivity contribution >= 4 is 23.5 Å². The van der Waals surface area contributed by atoms with E-state index in [1.807, 2.05) is 0 Å². The van der Waals surface area contributed by atoms with Crippen LogP contribution in [0, 0.1) is 0 Å². The molecule has 19 heavy (non-hydrogen) atoms. The van der Waals surface area contributed by atoms with Crippen LogP contribution < -0.4 is 5.73 Å². The van der Waals surface area contributed by atoms with Crippen LogP contribution in [0.15, 0.2) is 18.2 Å². The highest BCUT2D eigenvalue weighted by atomic mass is 16.5. The van der Waals surface area contributed by atoms with Gasteiger partial charge in [0, 0.05) is 5.69 Å². The highest BCUT2D eigenvalue weighted by Gasteiger charge is 2.38. The van der Waals surface area contributed by atoms with Gasteiger partial charge >= 0.3 is 5.97 Å². The van der Waals surface area contributed by atoms with E-state index in [2.05, 4.69) is 0 Å². The summed E-state index contributed by atoms with van der Waals surface area (Å²) < 4.78 is 4.92. The Kier molecular flexibility index (Phi) is 3.25. The van der Waals surface area contributed by atoms with Crippen molar-refractivity contribution in [3.63, 3.8) is 0 Å². The van der Waals surface area contributed by atoms with Crippen molar-refractivity contribution in [1.29, 1.82) is 0 Å². The summed E-state index contributed by atoms with van der Waals surface area (Å²) in [5.74, 6) is -1.70. The Hall–Kier alpha value is -2.37. The average molecular weight is 262 g/mol. The molecule has 2 rings (SSSR count). The van der Waals surface area contributed by atoms with Gasteiger partial charge in [-0.3, -0.25) is 19.3 Å². The van der Waals surface area contributed by atoms with Gasteiger partial charge in [-0.15, -0.1) is 0 Å². The Morgan fingerprint density at radius 3 is 2.58 bits per heavy atom. The zero-order valence-corrected chi connectivity index (χ0v) is 10.7. The third-order valence-corrected chi connectivity index (χ3v) is 2.69. The number of benzene rings is 1. The molecule has 2 amide bonds. The van der Waals surface area contributed by atoms with E-state index in [1.165, 1.54) is 6.07 Å². The molecule has 6 heteroatoms. The molecule has 1 aromatic rings. The number of fused-ring (bicyclic) bond motifs is 1. The van der Waals surface area contributed by atoms with Gasteiger partial charge < -0.3 is 10.5 Å². The topological polar surface area (TPSA) is 89.7 Å². The Morgan fingerprint density at radius 2 is 2.00 bits per heavy atom. The molecule has 100 valence electrons. The summed E-state index contributed by atoms with van der Waals surface area (Å²) in [6.07, 6.45) is -0.298. The highest BCUT2D eigenvalue weighted by Crippen LogP contribution is 2.27. The molecular weight excluding hydrogens is 248 g/mol. The van der Waals surface area contributed by atoms with Crippen LogP contribution in [-0.4, -0.2) is 35.3 Å². The number of rotatable bonds is 3. The van der Waals surface area contributed by atoms with Crippen LogP contribution in [0.3, 0.4) is 0 Å². The number of ether oxygens (including phenoxy) is 1. The Bertz CT molecular complexity index is 566. The monoisotopic (exact) mass is 262 g/mol. The van der Waals surface area contributed by atoms with Crippen LogP contribution in [-0.2, 0) is 9.53 Å². The summed E-state index contributed by atoms with van der Waals surface area (Å²) >= 11 is 0. The Labute approximate surface area is 110 Å². The first-order valence-corrected chi connectivity index (χ1v) is 5.86. The van der Waals surface area contributed by atoms with Crippen LogP contribution in [0.1, 0.15) is 34.6 Å². The van der Waals surface area contributed by atoms with Crippen molar-refractivity contribution in [1.82, 2.24) is 4.90 Å². The second-order valence-corrected chi connectivity index (χ2v) is 4.50. The number of carbonyl (C=O) groups excluding carboxylic acids is 3. The van der Waals surface area contributed by atoms with E-state index in [1.54, 1.807) is 26.0 Å². The molecule has 0 aliphatic carbocycles. The van der Waals surface area contributed by atoms with Crippen molar-refractivity contribution in [2.24, 2.45) is 0 Å². The fraction of sp³-hybridized carbons (Fsp3) is 0.308. The third kappa shape index (κ3) is 2.29. The third-order valence-electron chi connectivity index (χ3n) is 2.69. The van der Waals surface area contributed by atoms with Crippen LogP contribution in [0.25, 0.3) is 0 Å². The lowest BCUT2D eigenvalue weighted by Crippen LogP contribution is -2.36. The Balaban J connectivity index is 2.23. The van der Waals surface area contributed by atoms with Gasteiger partial charge in [-0.05, 0) is 26.0 Å². The van der Waals surface area contributed by atoms with Gasteiger partial charge in [0.05, 0.1) is 17.2 Å². The number of esters is 1. The van der Waals surface area contributed by atoms with E-state index >= 15 is 0 Å². The van der Waals surface area contributed by atoms with Crippen LogP contribution in [0.4, 0.5) is 5.69 Å². The molecule has 0 spiro atoms. The molecular formula is C13H14N2O4. The fourth-order valence-corrected chi connectivity index (χ4v) is 1.93. The van der Waals surface area contributed by atoms with Crippen molar-refractivity contribution in [2.75, 3.05) is 12.3 Å². The first-order valence-electron chi connectivity index (χ1n) is 5.86. The minimum Gasteiger partial charge on any atom is -0.462 e. The minimum absolute atomic E-state index is 0.157. The van der Waals surface area contributed by atoms with E-state index in [0.717, 1.165) is 4.90 Å². The largest absolute Gasteiger partial charge is 0.462 e. The summed E-state index contributed by atoms with van der Waals surface area (Å²) in [5, 5.41) is 0. The molecule has 2 N–H and O–H groups in total. The summed E-state index contributed by atoms with van der Waals surface area (Å²) in [7, 11) is 0. The smallest absolute Gasteiger partial charge is 0.326 e. The molecule has 1 aliphatic heterocycles. The number of hydrogen-bond donors (Lipinski definition) is 1. The SMILES string of the molecule is CC(C)OC(=O)CN1C(=O)c2cccc(N)c2C1=O. The van der Waals surface area contributed by atoms with Gasteiger partial charge in [0.2, 0.25) is 0 Å². The number of nitrogens with two attached hydrogens (primary N) is 1. The summed E-state index contributed by atoms with van der Waals surface area (Å²) in [5.41, 5.74) is 6.30. The number of carbonyl (C=O) groups is 3. The molecule has 6 nitrogen and oxygen atoms in total. The number of nitrogens with zero attached hydrogens (tertiary/aromatic N) is 1. The summed E-state index contributed by atoms with van der Waals surface area (Å²) in [6.45, 7) is 2.99. The van der Waals surface area contributed by atoms with Crippen LogP contribution in [0.5, 0.6) is 0 Å². The molecule has 0 saturated carbocycles. The lowest BCUT2D eigenvalue weighted by molar-refractivity contribution is -0.147. The number of nitrogen functional groups attached to an aromatic ring is 1. The Morgan fingerprint density at radius 1 is 1.32 bits per heavy atom. The first kappa shape index (κ1) is 13.1. The van der Waals surface area contributed by atoms with Gasteiger partial charge in [-0.1, -0.05) is 6.07 Å². The van der Waals surface area contributed by atoms with Crippen LogP contribution in [0.2, 0.25) is 0 Å². The zero-order chi connectivity index (χ0) is 14.2. The number of amides is 2. The fourth-order valence-electron chi connectivity index (χ4n) is 1.93. The molecule has 0 aromatic heterocycles. The zero-order valence-electron chi connectivity index (χ0n) is 10.7. The molecule has 1 heterocycles. The highest BCUT2D eigenvalue weighted by molar-refractivity contribution is 6.24. The molecule has 0 fully saturated rings. The first-order chi connectivity index (χ1) is 8.91. The molecule has 1 aromatic carbocycles. The lowest BCUT2D eigenvalue weighted by Gasteiger charge is -2.14. The summed E-state index contributed by atoms with van der Waals surface area (Å²) in [6, 6.07) is 4.65. The van der Waals surface area contributed by atoms with E-state index in [0.29, 0.717) is 0 Å². The predicted octanol–water partition coefficient (Wildman–Crippen LogP) is 0.816. The molecule has 1 aliphatic rings. The van der Waals surface area contributed by atoms with Gasteiger partial charge in [0.1, 0.15) is 6.54 Å². The lowest BCUT2D eigenvalue weighted by atomic mass is 10.1. The maximum atomic E-state index is 12.1. The molecule has 0 radical (unpaired) electrons. The molecule has 0 atom stereocenters. The molecule has 0 unspecified atom stereocenters. The number of anilines is 1. The van der Waals surface area contributed by atoms with E-state index in [-0.39, 0.29) is 22.9 Å². The average Bonchev–Trinajstić information content (AvgIpc) is 2.54. The molecule has 0 bridgehead atoms. The van der Waals surface area contributed by atoms with Crippen molar-refractivity contribution in [3.05, 3.63) is 29.3 Å².